The van der Waals surface area contributed by atoms with E-state index >= 15 is 4.39 Å². The number of pyridine rings is 1. The molecule has 0 saturated heterocycles. The van der Waals surface area contributed by atoms with Crippen molar-refractivity contribution in [2.75, 3.05) is 0 Å². The lowest BCUT2D eigenvalue weighted by atomic mass is 10.0. The van der Waals surface area contributed by atoms with Crippen LogP contribution >= 0.6 is 0 Å². The molecule has 2 unspecified atom stereocenters. The standard InChI is InChI=1S/C24H18F4N4O3S/c25-20(16-7-2-1-3-8-16)21-23-30-13-14-31(23)22-17(9-6-12-29-22)15-32(21)36(33,34)19-11-5-4-10-18(19)35-24(26,27)28/h1-14,20-21H,15H2. The molecule has 4 aromatic rings. The minimum atomic E-state index is -5.14. The molecule has 3 heterocycles. The van der Waals surface area contributed by atoms with Gasteiger partial charge in [-0.15, -0.1) is 13.2 Å². The third-order valence-corrected chi connectivity index (χ3v) is 7.59. The second-order valence-electron chi connectivity index (χ2n) is 7.94. The number of sulfonamides is 1. The zero-order valence-electron chi connectivity index (χ0n) is 18.4. The summed E-state index contributed by atoms with van der Waals surface area (Å²) in [5.41, 5.74) is 0.591. The molecule has 0 N–H and O–H groups in total. The van der Waals surface area contributed by atoms with Crippen molar-refractivity contribution < 1.29 is 30.7 Å². The van der Waals surface area contributed by atoms with Gasteiger partial charge in [-0.25, -0.2) is 22.8 Å². The van der Waals surface area contributed by atoms with Gasteiger partial charge in [-0.3, -0.25) is 4.57 Å². The summed E-state index contributed by atoms with van der Waals surface area (Å²) in [6.07, 6.45) is -2.63. The maximum absolute atomic E-state index is 16.3. The fourth-order valence-corrected chi connectivity index (χ4v) is 5.88. The van der Waals surface area contributed by atoms with E-state index in [2.05, 4.69) is 14.7 Å². The second-order valence-corrected chi connectivity index (χ2v) is 9.80. The smallest absolute Gasteiger partial charge is 0.404 e. The Kier molecular flexibility index (Phi) is 6.00. The van der Waals surface area contributed by atoms with Crippen LogP contribution in [0.1, 0.15) is 29.2 Å². The molecule has 0 fully saturated rings. The highest BCUT2D eigenvalue weighted by Gasteiger charge is 2.45. The Hall–Kier alpha value is -3.77. The highest BCUT2D eigenvalue weighted by Crippen LogP contribution is 2.44. The number of imidazole rings is 1. The molecule has 0 aliphatic carbocycles. The van der Waals surface area contributed by atoms with Gasteiger partial charge in [0.15, 0.2) is 0 Å². The molecule has 2 atom stereocenters. The molecule has 186 valence electrons. The van der Waals surface area contributed by atoms with Crippen molar-refractivity contribution in [1.82, 2.24) is 18.8 Å². The maximum atomic E-state index is 16.3. The van der Waals surface area contributed by atoms with Crippen LogP contribution in [-0.2, 0) is 16.6 Å². The summed E-state index contributed by atoms with van der Waals surface area (Å²) >= 11 is 0. The van der Waals surface area contributed by atoms with Gasteiger partial charge in [-0.05, 0) is 23.8 Å². The Morgan fingerprint density at radius 1 is 0.944 bits per heavy atom. The predicted molar refractivity (Wildman–Crippen MR) is 120 cm³/mol. The first-order chi connectivity index (χ1) is 17.2. The number of aromatic nitrogens is 3. The van der Waals surface area contributed by atoms with Gasteiger partial charge in [0.2, 0.25) is 10.0 Å². The van der Waals surface area contributed by atoms with Gasteiger partial charge >= 0.3 is 6.36 Å². The van der Waals surface area contributed by atoms with E-state index in [0.717, 1.165) is 16.4 Å². The van der Waals surface area contributed by atoms with Crippen molar-refractivity contribution in [2.24, 2.45) is 0 Å². The van der Waals surface area contributed by atoms with E-state index in [1.165, 1.54) is 47.4 Å². The average molecular weight is 518 g/mol. The fraction of sp³-hybridized carbons (Fsp3) is 0.167. The molecule has 1 aliphatic rings. The number of benzene rings is 2. The molecule has 5 rings (SSSR count). The monoisotopic (exact) mass is 518 g/mol. The molecule has 7 nitrogen and oxygen atoms in total. The summed E-state index contributed by atoms with van der Waals surface area (Å²) in [5, 5.41) is 0. The van der Waals surface area contributed by atoms with E-state index in [4.69, 9.17) is 0 Å². The lowest BCUT2D eigenvalue weighted by Crippen LogP contribution is -2.37. The van der Waals surface area contributed by atoms with Crippen molar-refractivity contribution >= 4 is 10.0 Å². The molecule has 0 amide bonds. The lowest BCUT2D eigenvalue weighted by Gasteiger charge is -2.31. The summed E-state index contributed by atoms with van der Waals surface area (Å²) in [5.74, 6) is -0.549. The van der Waals surface area contributed by atoms with Gasteiger partial charge in [0.1, 0.15) is 34.5 Å². The zero-order chi connectivity index (χ0) is 25.5. The number of alkyl halides is 4. The number of ether oxygens (including phenoxy) is 1. The van der Waals surface area contributed by atoms with Crippen molar-refractivity contribution in [3.05, 3.63) is 102 Å². The van der Waals surface area contributed by atoms with E-state index in [1.807, 2.05) is 0 Å². The molecule has 1 aliphatic heterocycles. The molecular formula is C24H18F4N4O3S. The number of halogens is 4. The van der Waals surface area contributed by atoms with Crippen LogP contribution in [0.2, 0.25) is 0 Å². The lowest BCUT2D eigenvalue weighted by molar-refractivity contribution is -0.275. The third kappa shape index (κ3) is 4.33. The Balaban J connectivity index is 1.73. The Morgan fingerprint density at radius 3 is 2.42 bits per heavy atom. The number of hydrogen-bond donors (Lipinski definition) is 0. The Labute approximate surface area is 203 Å². The van der Waals surface area contributed by atoms with Crippen LogP contribution in [-0.4, -0.2) is 33.6 Å². The van der Waals surface area contributed by atoms with E-state index in [-0.39, 0.29) is 17.9 Å². The first-order valence-corrected chi connectivity index (χ1v) is 12.1. The molecule has 2 aromatic carbocycles. The van der Waals surface area contributed by atoms with Gasteiger partial charge in [-0.2, -0.15) is 4.31 Å². The van der Waals surface area contributed by atoms with Crippen LogP contribution in [0.3, 0.4) is 0 Å². The summed E-state index contributed by atoms with van der Waals surface area (Å²) in [4.78, 5) is 7.82. The average Bonchev–Trinajstić information content (AvgIpc) is 3.27. The number of para-hydroxylation sites is 1. The summed E-state index contributed by atoms with van der Waals surface area (Å²) < 4.78 is 89.8. The number of rotatable bonds is 5. The molecule has 0 bridgehead atoms. The van der Waals surface area contributed by atoms with Crippen LogP contribution in [0.15, 0.2) is 90.2 Å². The maximum Gasteiger partial charge on any atom is 0.573 e. The van der Waals surface area contributed by atoms with Crippen LogP contribution in [0, 0.1) is 0 Å². The topological polar surface area (TPSA) is 77.3 Å². The van der Waals surface area contributed by atoms with Crippen molar-refractivity contribution in [1.29, 1.82) is 0 Å². The molecule has 0 radical (unpaired) electrons. The van der Waals surface area contributed by atoms with Crippen LogP contribution in [0.4, 0.5) is 17.6 Å². The zero-order valence-corrected chi connectivity index (χ0v) is 19.2. The van der Waals surface area contributed by atoms with Crippen molar-refractivity contribution in [3.8, 4) is 11.6 Å². The van der Waals surface area contributed by atoms with Gasteiger partial charge < -0.3 is 4.74 Å². The summed E-state index contributed by atoms with van der Waals surface area (Å²) in [6.45, 7) is -0.368. The van der Waals surface area contributed by atoms with E-state index in [1.54, 1.807) is 30.3 Å². The second kappa shape index (κ2) is 9.03. The van der Waals surface area contributed by atoms with Gasteiger partial charge in [0.25, 0.3) is 0 Å². The summed E-state index contributed by atoms with van der Waals surface area (Å²) in [6, 6.07) is 13.9. The molecule has 2 aromatic heterocycles. The Bertz CT molecular complexity index is 1490. The number of hydrogen-bond acceptors (Lipinski definition) is 5. The molecule has 36 heavy (non-hydrogen) atoms. The number of nitrogens with zero attached hydrogens (tertiary/aromatic N) is 4. The first-order valence-electron chi connectivity index (χ1n) is 10.7. The third-order valence-electron chi connectivity index (χ3n) is 5.72. The largest absolute Gasteiger partial charge is 0.573 e. The van der Waals surface area contributed by atoms with Crippen LogP contribution in [0.25, 0.3) is 5.82 Å². The normalized spacial score (nSPS) is 17.1. The minimum Gasteiger partial charge on any atom is -0.404 e. The molecule has 0 saturated carbocycles. The van der Waals surface area contributed by atoms with E-state index in [0.29, 0.717) is 11.4 Å². The van der Waals surface area contributed by atoms with Crippen LogP contribution in [0.5, 0.6) is 5.75 Å². The predicted octanol–water partition coefficient (Wildman–Crippen LogP) is 5.12. The highest BCUT2D eigenvalue weighted by molar-refractivity contribution is 7.89. The summed E-state index contributed by atoms with van der Waals surface area (Å²) in [7, 11) is -4.77. The van der Waals surface area contributed by atoms with Gasteiger partial charge in [0, 0.05) is 30.7 Å². The van der Waals surface area contributed by atoms with Gasteiger partial charge in [-0.1, -0.05) is 48.5 Å². The first kappa shape index (κ1) is 23.9. The fourth-order valence-electron chi connectivity index (χ4n) is 4.21. The van der Waals surface area contributed by atoms with Crippen molar-refractivity contribution in [2.45, 2.75) is 30.0 Å². The van der Waals surface area contributed by atoms with Crippen LogP contribution < -0.4 is 4.74 Å². The van der Waals surface area contributed by atoms with Gasteiger partial charge in [0.05, 0.1) is 0 Å². The van der Waals surface area contributed by atoms with E-state index in [9.17, 15) is 21.6 Å². The molecule has 12 heteroatoms. The molecule has 0 spiro atoms. The van der Waals surface area contributed by atoms with E-state index < -0.39 is 39.2 Å². The SMILES string of the molecule is O=S(=O)(c1ccccc1OC(F)(F)F)N1Cc2cccnc2-n2ccnc2C1C(F)c1ccccc1. The highest BCUT2D eigenvalue weighted by atomic mass is 32.2. The van der Waals surface area contributed by atoms with Crippen molar-refractivity contribution in [3.63, 3.8) is 0 Å². The molecular weight excluding hydrogens is 500 g/mol. The quantitative estimate of drug-likeness (QED) is 0.343. The Morgan fingerprint density at radius 2 is 1.67 bits per heavy atom. The minimum absolute atomic E-state index is 0.0293. The number of fused-ring (bicyclic) bond motifs is 3.